The van der Waals surface area contributed by atoms with Gasteiger partial charge in [0.15, 0.2) is 0 Å². The fraction of sp³-hybridized carbons (Fsp3) is 0.0625. The first-order chi connectivity index (χ1) is 11.1. The molecule has 0 radical (unpaired) electrons. The molecule has 2 aromatic rings. The maximum Gasteiger partial charge on any atom is 0.252 e. The zero-order chi connectivity index (χ0) is 16.8. The van der Waals surface area contributed by atoms with Crippen molar-refractivity contribution < 1.29 is 9.59 Å². The van der Waals surface area contributed by atoms with Crippen molar-refractivity contribution in [3.8, 4) is 6.07 Å². The van der Waals surface area contributed by atoms with Gasteiger partial charge in [-0.15, -0.1) is 0 Å². The number of carbonyl (C=O) groups excluding carboxylic acids is 2. The van der Waals surface area contributed by atoms with E-state index in [2.05, 4.69) is 10.6 Å². The third-order valence-electron chi connectivity index (χ3n) is 3.07. The predicted molar refractivity (Wildman–Crippen MR) is 88.4 cm³/mol. The van der Waals surface area contributed by atoms with E-state index in [1.54, 1.807) is 30.3 Å². The summed E-state index contributed by atoms with van der Waals surface area (Å²) >= 11 is 12.0. The van der Waals surface area contributed by atoms with Crippen molar-refractivity contribution >= 4 is 41.2 Å². The monoisotopic (exact) mass is 347 g/mol. The molecule has 0 aliphatic rings. The number of benzene rings is 2. The Balaban J connectivity index is 2.18. The van der Waals surface area contributed by atoms with E-state index < -0.39 is 11.9 Å². The highest BCUT2D eigenvalue weighted by atomic mass is 35.5. The van der Waals surface area contributed by atoms with Crippen molar-refractivity contribution in [2.24, 2.45) is 0 Å². The van der Waals surface area contributed by atoms with Crippen LogP contribution >= 0.6 is 23.2 Å². The van der Waals surface area contributed by atoms with E-state index in [1.807, 2.05) is 6.07 Å². The second-order valence-corrected chi connectivity index (χ2v) is 5.30. The summed E-state index contributed by atoms with van der Waals surface area (Å²) in [6.45, 7) is 0. The first-order valence-corrected chi connectivity index (χ1v) is 7.27. The van der Waals surface area contributed by atoms with E-state index in [9.17, 15) is 14.9 Å². The van der Waals surface area contributed by atoms with E-state index >= 15 is 0 Å². The Labute approximate surface area is 142 Å². The second-order valence-electron chi connectivity index (χ2n) is 4.52. The van der Waals surface area contributed by atoms with Gasteiger partial charge in [0.2, 0.25) is 6.41 Å². The molecule has 0 bridgehead atoms. The maximum absolute atomic E-state index is 12.2. The molecule has 1 atom stereocenters. The van der Waals surface area contributed by atoms with Gasteiger partial charge in [-0.2, -0.15) is 5.26 Å². The average Bonchev–Trinajstić information content (AvgIpc) is 2.56. The van der Waals surface area contributed by atoms with Crippen LogP contribution in [0.15, 0.2) is 42.5 Å². The Kier molecular flexibility index (Phi) is 5.58. The van der Waals surface area contributed by atoms with Crippen LogP contribution in [0.5, 0.6) is 0 Å². The summed E-state index contributed by atoms with van der Waals surface area (Å²) in [4.78, 5) is 22.6. The maximum atomic E-state index is 12.2. The molecule has 2 amide bonds. The van der Waals surface area contributed by atoms with Crippen LogP contribution in [0.4, 0.5) is 5.69 Å². The Bertz CT molecular complexity index is 770. The third kappa shape index (κ3) is 4.01. The number of rotatable bonds is 5. The van der Waals surface area contributed by atoms with Crippen LogP contribution in [0.3, 0.4) is 0 Å². The first kappa shape index (κ1) is 16.8. The largest absolute Gasteiger partial charge is 0.332 e. The summed E-state index contributed by atoms with van der Waals surface area (Å²) in [5, 5.41) is 14.9. The lowest BCUT2D eigenvalue weighted by Crippen LogP contribution is -2.27. The molecule has 0 aliphatic carbocycles. The molecular weight excluding hydrogens is 337 g/mol. The van der Waals surface area contributed by atoms with E-state index in [-0.39, 0.29) is 5.02 Å². The van der Waals surface area contributed by atoms with Crippen molar-refractivity contribution in [3.05, 3.63) is 63.6 Å². The lowest BCUT2D eigenvalue weighted by atomic mass is 10.1. The zero-order valence-corrected chi connectivity index (χ0v) is 13.2. The molecule has 23 heavy (non-hydrogen) atoms. The van der Waals surface area contributed by atoms with E-state index in [0.29, 0.717) is 28.2 Å². The van der Waals surface area contributed by atoms with Gasteiger partial charge in [0, 0.05) is 16.8 Å². The van der Waals surface area contributed by atoms with E-state index in [1.165, 1.54) is 12.1 Å². The molecule has 0 aromatic heterocycles. The molecule has 0 heterocycles. The highest BCUT2D eigenvalue weighted by Crippen LogP contribution is 2.29. The zero-order valence-electron chi connectivity index (χ0n) is 11.7. The SMILES string of the molecule is N#CC(NC(=O)c1ccc(NC=O)cc1)c1cccc(Cl)c1Cl. The second kappa shape index (κ2) is 7.63. The van der Waals surface area contributed by atoms with Gasteiger partial charge in [0.25, 0.3) is 5.91 Å². The molecule has 0 fully saturated rings. The van der Waals surface area contributed by atoms with Gasteiger partial charge in [-0.1, -0.05) is 35.3 Å². The lowest BCUT2D eigenvalue weighted by Gasteiger charge is -2.14. The summed E-state index contributed by atoms with van der Waals surface area (Å²) in [7, 11) is 0. The van der Waals surface area contributed by atoms with Gasteiger partial charge >= 0.3 is 0 Å². The molecule has 1 unspecified atom stereocenters. The number of hydrogen-bond acceptors (Lipinski definition) is 3. The molecule has 2 rings (SSSR count). The van der Waals surface area contributed by atoms with Gasteiger partial charge in [0.05, 0.1) is 16.1 Å². The van der Waals surface area contributed by atoms with Crippen molar-refractivity contribution in [3.63, 3.8) is 0 Å². The van der Waals surface area contributed by atoms with E-state index in [0.717, 1.165) is 0 Å². The minimum absolute atomic E-state index is 0.228. The van der Waals surface area contributed by atoms with Crippen LogP contribution in [-0.4, -0.2) is 12.3 Å². The number of hydrogen-bond donors (Lipinski definition) is 2. The fourth-order valence-electron chi connectivity index (χ4n) is 1.92. The van der Waals surface area contributed by atoms with Crippen molar-refractivity contribution in [1.82, 2.24) is 5.32 Å². The number of halogens is 2. The minimum Gasteiger partial charge on any atom is -0.332 e. The Morgan fingerprint density at radius 1 is 1.17 bits per heavy atom. The van der Waals surface area contributed by atoms with Crippen LogP contribution < -0.4 is 10.6 Å². The molecule has 0 aliphatic heterocycles. The standard InChI is InChI=1S/C16H11Cl2N3O2/c17-13-3-1-2-12(15(13)18)14(8-19)21-16(23)10-4-6-11(7-5-10)20-9-22/h1-7,9,14H,(H,20,22)(H,21,23). The highest BCUT2D eigenvalue weighted by molar-refractivity contribution is 6.42. The topological polar surface area (TPSA) is 82.0 Å². The highest BCUT2D eigenvalue weighted by Gasteiger charge is 2.19. The van der Waals surface area contributed by atoms with Gasteiger partial charge < -0.3 is 10.6 Å². The molecule has 116 valence electrons. The number of carbonyl (C=O) groups is 2. The van der Waals surface area contributed by atoms with Crippen LogP contribution in [-0.2, 0) is 4.79 Å². The number of anilines is 1. The molecule has 2 aromatic carbocycles. The molecule has 7 heteroatoms. The molecule has 0 saturated heterocycles. The summed E-state index contributed by atoms with van der Waals surface area (Å²) in [6.07, 6.45) is 0.544. The van der Waals surface area contributed by atoms with Crippen LogP contribution in [0.25, 0.3) is 0 Å². The number of amides is 2. The van der Waals surface area contributed by atoms with Crippen molar-refractivity contribution in [2.75, 3.05) is 5.32 Å². The van der Waals surface area contributed by atoms with Crippen LogP contribution in [0, 0.1) is 11.3 Å². The predicted octanol–water partition coefficient (Wildman–Crippen LogP) is 3.56. The average molecular weight is 348 g/mol. The lowest BCUT2D eigenvalue weighted by molar-refractivity contribution is -0.105. The number of nitrogens with zero attached hydrogens (tertiary/aromatic N) is 1. The van der Waals surface area contributed by atoms with Gasteiger partial charge in [-0.3, -0.25) is 9.59 Å². The molecule has 5 nitrogen and oxygen atoms in total. The van der Waals surface area contributed by atoms with Crippen molar-refractivity contribution in [1.29, 1.82) is 5.26 Å². The molecule has 0 saturated carbocycles. The summed E-state index contributed by atoms with van der Waals surface area (Å²) < 4.78 is 0. The smallest absolute Gasteiger partial charge is 0.252 e. The van der Waals surface area contributed by atoms with Gasteiger partial charge in [0.1, 0.15) is 6.04 Å². The summed E-state index contributed by atoms with van der Waals surface area (Å²) in [5.41, 5.74) is 1.33. The Morgan fingerprint density at radius 2 is 1.87 bits per heavy atom. The van der Waals surface area contributed by atoms with Gasteiger partial charge in [-0.05, 0) is 30.3 Å². The van der Waals surface area contributed by atoms with Gasteiger partial charge in [-0.25, -0.2) is 0 Å². The van der Waals surface area contributed by atoms with Crippen molar-refractivity contribution in [2.45, 2.75) is 6.04 Å². The summed E-state index contributed by atoms with van der Waals surface area (Å²) in [5.74, 6) is -0.440. The molecule has 0 spiro atoms. The normalized spacial score (nSPS) is 11.2. The fourth-order valence-corrected chi connectivity index (χ4v) is 2.34. The third-order valence-corrected chi connectivity index (χ3v) is 3.90. The van der Waals surface area contributed by atoms with E-state index in [4.69, 9.17) is 23.2 Å². The molecular formula is C16H11Cl2N3O2. The minimum atomic E-state index is -0.929. The number of nitriles is 1. The molecule has 2 N–H and O–H groups in total. The summed E-state index contributed by atoms with van der Waals surface area (Å²) in [6, 6.07) is 12.2. The van der Waals surface area contributed by atoms with Crippen LogP contribution in [0.2, 0.25) is 10.0 Å². The van der Waals surface area contributed by atoms with Crippen LogP contribution in [0.1, 0.15) is 22.0 Å². The Morgan fingerprint density at radius 3 is 2.48 bits per heavy atom. The first-order valence-electron chi connectivity index (χ1n) is 6.51. The quantitative estimate of drug-likeness (QED) is 0.811. The Hall–Kier alpha value is -2.55. The number of nitrogens with one attached hydrogen (secondary N) is 2.